The van der Waals surface area contributed by atoms with Crippen molar-refractivity contribution in [2.75, 3.05) is 18.6 Å². The highest BCUT2D eigenvalue weighted by Crippen LogP contribution is 2.03. The molecule has 0 aliphatic carbocycles. The van der Waals surface area contributed by atoms with E-state index in [9.17, 15) is 9.59 Å². The van der Waals surface area contributed by atoms with Crippen molar-refractivity contribution in [2.24, 2.45) is 0 Å². The van der Waals surface area contributed by atoms with Crippen LogP contribution in [0.2, 0.25) is 0 Å². The molecule has 0 aliphatic rings. The van der Waals surface area contributed by atoms with Gasteiger partial charge in [-0.15, -0.1) is 0 Å². The molecule has 2 N–H and O–H groups in total. The quantitative estimate of drug-likeness (QED) is 0.594. The standard InChI is InChI=1S/C7H13NO3S/c1-8-6(9)2-4-12-5-3-7(10)11/h2-5H2,1H3,(H,8,9)(H,10,11). The van der Waals surface area contributed by atoms with E-state index < -0.39 is 5.97 Å². The van der Waals surface area contributed by atoms with Gasteiger partial charge in [-0.25, -0.2) is 0 Å². The number of hydrogen-bond acceptors (Lipinski definition) is 3. The monoisotopic (exact) mass is 191 g/mol. The third-order valence-electron chi connectivity index (χ3n) is 1.21. The van der Waals surface area contributed by atoms with Gasteiger partial charge in [0.05, 0.1) is 6.42 Å². The molecule has 12 heavy (non-hydrogen) atoms. The largest absolute Gasteiger partial charge is 0.481 e. The highest BCUT2D eigenvalue weighted by Gasteiger charge is 1.99. The zero-order valence-corrected chi connectivity index (χ0v) is 7.82. The molecular formula is C7H13NO3S. The van der Waals surface area contributed by atoms with E-state index >= 15 is 0 Å². The Bertz CT molecular complexity index is 161. The van der Waals surface area contributed by atoms with Gasteiger partial charge in [0.15, 0.2) is 0 Å². The van der Waals surface area contributed by atoms with E-state index in [4.69, 9.17) is 5.11 Å². The first-order valence-corrected chi connectivity index (χ1v) is 4.82. The third kappa shape index (κ3) is 7.40. The summed E-state index contributed by atoms with van der Waals surface area (Å²) in [6, 6.07) is 0. The maximum absolute atomic E-state index is 10.7. The smallest absolute Gasteiger partial charge is 0.304 e. The lowest BCUT2D eigenvalue weighted by molar-refractivity contribution is -0.136. The molecule has 0 unspecified atom stereocenters. The molecule has 4 nitrogen and oxygen atoms in total. The lowest BCUT2D eigenvalue weighted by atomic mass is 10.5. The Morgan fingerprint density at radius 3 is 2.42 bits per heavy atom. The van der Waals surface area contributed by atoms with Crippen molar-refractivity contribution in [3.05, 3.63) is 0 Å². The predicted octanol–water partition coefficient (Wildman–Crippen LogP) is 0.330. The van der Waals surface area contributed by atoms with Crippen LogP contribution in [0.25, 0.3) is 0 Å². The first-order valence-electron chi connectivity index (χ1n) is 3.67. The second kappa shape index (κ2) is 6.97. The molecule has 70 valence electrons. The van der Waals surface area contributed by atoms with Crippen LogP contribution in [0, 0.1) is 0 Å². The Balaban J connectivity index is 3.11. The lowest BCUT2D eigenvalue weighted by Gasteiger charge is -1.98. The van der Waals surface area contributed by atoms with Crippen LogP contribution < -0.4 is 5.32 Å². The molecule has 0 bridgehead atoms. The number of carboxylic acid groups (broad SMARTS) is 1. The Hall–Kier alpha value is -0.710. The van der Waals surface area contributed by atoms with Crippen molar-refractivity contribution in [1.82, 2.24) is 5.32 Å². The molecule has 0 radical (unpaired) electrons. The molecule has 0 rings (SSSR count). The summed E-state index contributed by atoms with van der Waals surface area (Å²) in [7, 11) is 1.59. The van der Waals surface area contributed by atoms with Crippen molar-refractivity contribution >= 4 is 23.6 Å². The van der Waals surface area contributed by atoms with Gasteiger partial charge in [0.2, 0.25) is 5.91 Å². The molecule has 5 heteroatoms. The van der Waals surface area contributed by atoms with Crippen LogP contribution in [0.15, 0.2) is 0 Å². The molecule has 0 aromatic heterocycles. The predicted molar refractivity (Wildman–Crippen MR) is 48.3 cm³/mol. The molecule has 0 fully saturated rings. The maximum atomic E-state index is 10.7. The number of carbonyl (C=O) groups excluding carboxylic acids is 1. The number of aliphatic carboxylic acids is 1. The van der Waals surface area contributed by atoms with Crippen LogP contribution in [-0.2, 0) is 9.59 Å². The van der Waals surface area contributed by atoms with Gasteiger partial charge in [0.25, 0.3) is 0 Å². The Kier molecular flexibility index (Phi) is 6.55. The van der Waals surface area contributed by atoms with Crippen molar-refractivity contribution in [1.29, 1.82) is 0 Å². The highest BCUT2D eigenvalue weighted by atomic mass is 32.2. The topological polar surface area (TPSA) is 66.4 Å². The van der Waals surface area contributed by atoms with Gasteiger partial charge in [-0.2, -0.15) is 11.8 Å². The van der Waals surface area contributed by atoms with Gasteiger partial charge in [0, 0.05) is 25.0 Å². The van der Waals surface area contributed by atoms with Gasteiger partial charge >= 0.3 is 5.97 Å². The summed E-state index contributed by atoms with van der Waals surface area (Å²) in [5.74, 6) is 0.472. The average Bonchev–Trinajstić information content (AvgIpc) is 2.03. The van der Waals surface area contributed by atoms with Gasteiger partial charge in [-0.1, -0.05) is 0 Å². The highest BCUT2D eigenvalue weighted by molar-refractivity contribution is 7.99. The van der Waals surface area contributed by atoms with E-state index in [0.29, 0.717) is 17.9 Å². The Labute approximate surface area is 75.7 Å². The number of rotatable bonds is 6. The fraction of sp³-hybridized carbons (Fsp3) is 0.714. The molecule has 0 saturated heterocycles. The molecular weight excluding hydrogens is 178 g/mol. The van der Waals surface area contributed by atoms with E-state index in [1.807, 2.05) is 0 Å². The van der Waals surface area contributed by atoms with E-state index in [0.717, 1.165) is 0 Å². The normalized spacial score (nSPS) is 9.42. The summed E-state index contributed by atoms with van der Waals surface area (Å²) < 4.78 is 0. The number of hydrogen-bond donors (Lipinski definition) is 2. The molecule has 0 saturated carbocycles. The number of carbonyl (C=O) groups is 2. The van der Waals surface area contributed by atoms with Crippen LogP contribution >= 0.6 is 11.8 Å². The second-order valence-corrected chi connectivity index (χ2v) is 3.40. The summed E-state index contributed by atoms with van der Waals surface area (Å²) in [6.45, 7) is 0. The SMILES string of the molecule is CNC(=O)CCSCCC(=O)O. The van der Waals surface area contributed by atoms with Crippen LogP contribution in [0.1, 0.15) is 12.8 Å². The van der Waals surface area contributed by atoms with Gasteiger partial charge in [-0.05, 0) is 0 Å². The van der Waals surface area contributed by atoms with E-state index in [1.54, 1.807) is 7.05 Å². The molecule has 0 aromatic carbocycles. The number of thioether (sulfide) groups is 1. The first kappa shape index (κ1) is 11.3. The minimum atomic E-state index is -0.789. The maximum Gasteiger partial charge on any atom is 0.304 e. The lowest BCUT2D eigenvalue weighted by Crippen LogP contribution is -2.17. The van der Waals surface area contributed by atoms with Crippen molar-refractivity contribution in [3.8, 4) is 0 Å². The van der Waals surface area contributed by atoms with Crippen LogP contribution in [0.4, 0.5) is 0 Å². The summed E-state index contributed by atoms with van der Waals surface area (Å²) in [5, 5.41) is 10.8. The number of nitrogens with one attached hydrogen (secondary N) is 1. The number of amides is 1. The molecule has 0 spiro atoms. The van der Waals surface area contributed by atoms with Crippen molar-refractivity contribution < 1.29 is 14.7 Å². The van der Waals surface area contributed by atoms with Gasteiger partial charge < -0.3 is 10.4 Å². The third-order valence-corrected chi connectivity index (χ3v) is 2.20. The number of carboxylic acids is 1. The van der Waals surface area contributed by atoms with Gasteiger partial charge in [-0.3, -0.25) is 9.59 Å². The van der Waals surface area contributed by atoms with E-state index in [-0.39, 0.29) is 12.3 Å². The Morgan fingerprint density at radius 1 is 1.33 bits per heavy atom. The Morgan fingerprint density at radius 2 is 1.92 bits per heavy atom. The minimum Gasteiger partial charge on any atom is -0.481 e. The van der Waals surface area contributed by atoms with Crippen molar-refractivity contribution in [3.63, 3.8) is 0 Å². The summed E-state index contributed by atoms with van der Waals surface area (Å²) >= 11 is 1.48. The molecule has 0 aliphatic heterocycles. The van der Waals surface area contributed by atoms with Crippen LogP contribution in [-0.4, -0.2) is 35.5 Å². The van der Waals surface area contributed by atoms with E-state index in [1.165, 1.54) is 11.8 Å². The van der Waals surface area contributed by atoms with Gasteiger partial charge in [0.1, 0.15) is 0 Å². The average molecular weight is 191 g/mol. The summed E-state index contributed by atoms with van der Waals surface area (Å²) in [5.41, 5.74) is 0. The van der Waals surface area contributed by atoms with Crippen molar-refractivity contribution in [2.45, 2.75) is 12.8 Å². The summed E-state index contributed by atoms with van der Waals surface area (Å²) in [6.07, 6.45) is 0.624. The fourth-order valence-electron chi connectivity index (χ4n) is 0.551. The molecule has 0 heterocycles. The molecule has 0 atom stereocenters. The van der Waals surface area contributed by atoms with E-state index in [2.05, 4.69) is 5.32 Å². The zero-order chi connectivity index (χ0) is 9.40. The van der Waals surface area contributed by atoms with Crippen LogP contribution in [0.3, 0.4) is 0 Å². The second-order valence-electron chi connectivity index (χ2n) is 2.18. The summed E-state index contributed by atoms with van der Waals surface area (Å²) in [4.78, 5) is 20.7. The molecule has 0 aromatic rings. The zero-order valence-electron chi connectivity index (χ0n) is 7.00. The minimum absolute atomic E-state index is 0.00201. The molecule has 1 amide bonds. The fourth-order valence-corrected chi connectivity index (χ4v) is 1.40. The van der Waals surface area contributed by atoms with Crippen LogP contribution in [0.5, 0.6) is 0 Å². The first-order chi connectivity index (χ1) is 5.66.